The summed E-state index contributed by atoms with van der Waals surface area (Å²) in [4.78, 5) is 28.0. The summed E-state index contributed by atoms with van der Waals surface area (Å²) in [5.74, 6) is 0.498. The van der Waals surface area contributed by atoms with Gasteiger partial charge in [-0.2, -0.15) is 0 Å². The monoisotopic (exact) mass is 445 g/mol. The molecule has 0 saturated carbocycles. The number of methoxy groups -OCH3 is 1. The molecule has 4 rings (SSSR count). The number of ether oxygens (including phenoxy) is 1. The molecule has 0 radical (unpaired) electrons. The summed E-state index contributed by atoms with van der Waals surface area (Å²) in [6, 6.07) is 4.91. The summed E-state index contributed by atoms with van der Waals surface area (Å²) in [6.07, 6.45) is 5.22. The third-order valence-electron chi connectivity index (χ3n) is 5.02. The van der Waals surface area contributed by atoms with E-state index in [1.165, 1.54) is 0 Å². The third-order valence-corrected chi connectivity index (χ3v) is 5.43. The van der Waals surface area contributed by atoms with Crippen LogP contribution in [-0.4, -0.2) is 64.2 Å². The second-order valence-electron chi connectivity index (χ2n) is 6.62. The molecular formula is C19H20BrN5O3. The van der Waals surface area contributed by atoms with Gasteiger partial charge in [-0.3, -0.25) is 9.69 Å². The summed E-state index contributed by atoms with van der Waals surface area (Å²) >= 11 is 3.34. The molecule has 1 aliphatic rings. The third kappa shape index (κ3) is 3.55. The van der Waals surface area contributed by atoms with Crippen molar-refractivity contribution in [1.29, 1.82) is 0 Å². The van der Waals surface area contributed by atoms with Crippen LogP contribution in [0.2, 0.25) is 0 Å². The Kier molecular flexibility index (Phi) is 5.19. The van der Waals surface area contributed by atoms with Gasteiger partial charge < -0.3 is 19.7 Å². The normalized spacial score (nSPS) is 16.3. The maximum absolute atomic E-state index is 12.2. The predicted molar refractivity (Wildman–Crippen MR) is 109 cm³/mol. The van der Waals surface area contributed by atoms with Gasteiger partial charge in [-0.05, 0) is 34.1 Å². The van der Waals surface area contributed by atoms with Crippen molar-refractivity contribution in [3.05, 3.63) is 46.8 Å². The minimum absolute atomic E-state index is 0.604. The summed E-state index contributed by atoms with van der Waals surface area (Å²) in [5.41, 5.74) is 1.64. The van der Waals surface area contributed by atoms with Crippen LogP contribution in [0.5, 0.6) is 5.75 Å². The Morgan fingerprint density at radius 1 is 1.25 bits per heavy atom. The first kappa shape index (κ1) is 18.7. The number of anilines is 1. The number of carboxylic acids is 1. The molecule has 0 bridgehead atoms. The van der Waals surface area contributed by atoms with E-state index in [1.54, 1.807) is 25.7 Å². The number of fused-ring (bicyclic) bond motifs is 1. The molecule has 1 aromatic carbocycles. The quantitative estimate of drug-likeness (QED) is 0.623. The molecule has 1 fully saturated rings. The van der Waals surface area contributed by atoms with Gasteiger partial charge in [-0.25, -0.2) is 9.97 Å². The van der Waals surface area contributed by atoms with Crippen LogP contribution in [0, 0.1) is 0 Å². The van der Waals surface area contributed by atoms with E-state index < -0.39 is 12.0 Å². The molecule has 1 aliphatic heterocycles. The van der Waals surface area contributed by atoms with Gasteiger partial charge in [0.2, 0.25) is 5.95 Å². The lowest BCUT2D eigenvalue weighted by atomic mass is 10.0. The second kappa shape index (κ2) is 7.76. The van der Waals surface area contributed by atoms with E-state index in [1.807, 2.05) is 23.1 Å². The molecule has 0 unspecified atom stereocenters. The number of nitrogens with zero attached hydrogens (tertiary/aromatic N) is 4. The van der Waals surface area contributed by atoms with E-state index in [-0.39, 0.29) is 0 Å². The molecule has 8 nitrogen and oxygen atoms in total. The zero-order valence-electron chi connectivity index (χ0n) is 15.3. The standard InChI is InChI=1S/C19H20BrN5O3/c1-28-13-2-3-16-14(8-13)15(11-21-16)17(18(26)27)24-4-6-25(7-5-24)19-22-9-12(20)10-23-19/h2-3,8-11,17,21H,4-7H2,1H3,(H,26,27)/t17-/m0/s1. The summed E-state index contributed by atoms with van der Waals surface area (Å²) in [5, 5.41) is 10.8. The van der Waals surface area contributed by atoms with Gasteiger partial charge in [0.05, 0.1) is 11.6 Å². The first-order valence-electron chi connectivity index (χ1n) is 8.91. The SMILES string of the molecule is COc1ccc2[nH]cc([C@@H](C(=O)O)N3CCN(c4ncc(Br)cn4)CC3)c2c1. The van der Waals surface area contributed by atoms with Gasteiger partial charge in [-0.1, -0.05) is 0 Å². The molecule has 1 saturated heterocycles. The number of hydrogen-bond acceptors (Lipinski definition) is 6. The number of carboxylic acid groups (broad SMARTS) is 1. The first-order valence-corrected chi connectivity index (χ1v) is 9.70. The van der Waals surface area contributed by atoms with Gasteiger partial charge in [0, 0.05) is 61.2 Å². The van der Waals surface area contributed by atoms with Crippen molar-refractivity contribution in [2.45, 2.75) is 6.04 Å². The number of nitrogens with one attached hydrogen (secondary N) is 1. The number of H-pyrrole nitrogens is 1. The van der Waals surface area contributed by atoms with Gasteiger partial charge in [0.25, 0.3) is 0 Å². The van der Waals surface area contributed by atoms with Crippen LogP contribution in [0.3, 0.4) is 0 Å². The molecule has 2 N–H and O–H groups in total. The van der Waals surface area contributed by atoms with Crippen molar-refractivity contribution in [3.63, 3.8) is 0 Å². The van der Waals surface area contributed by atoms with Crippen molar-refractivity contribution < 1.29 is 14.6 Å². The minimum atomic E-state index is -0.864. The predicted octanol–water partition coefficient (Wildman–Crippen LogP) is 2.68. The molecule has 3 aromatic rings. The highest BCUT2D eigenvalue weighted by Gasteiger charge is 2.32. The smallest absolute Gasteiger partial charge is 0.325 e. The van der Waals surface area contributed by atoms with Gasteiger partial charge in [0.15, 0.2) is 0 Å². The lowest BCUT2D eigenvalue weighted by Gasteiger charge is -2.37. The van der Waals surface area contributed by atoms with E-state index in [0.717, 1.165) is 20.9 Å². The Labute approximate surface area is 170 Å². The van der Waals surface area contributed by atoms with Crippen molar-refractivity contribution in [3.8, 4) is 5.75 Å². The molecule has 146 valence electrons. The largest absolute Gasteiger partial charge is 0.497 e. The average Bonchev–Trinajstić information content (AvgIpc) is 3.12. The number of rotatable bonds is 5. The van der Waals surface area contributed by atoms with Crippen LogP contribution in [0.4, 0.5) is 5.95 Å². The van der Waals surface area contributed by atoms with Gasteiger partial charge in [-0.15, -0.1) is 0 Å². The summed E-state index contributed by atoms with van der Waals surface area (Å²) in [7, 11) is 1.60. The molecule has 0 spiro atoms. The molecule has 28 heavy (non-hydrogen) atoms. The van der Waals surface area contributed by atoms with Crippen molar-refractivity contribution >= 4 is 38.8 Å². The molecule has 3 heterocycles. The average molecular weight is 446 g/mol. The zero-order valence-corrected chi connectivity index (χ0v) is 16.9. The number of aromatic nitrogens is 3. The lowest BCUT2D eigenvalue weighted by molar-refractivity contribution is -0.143. The Bertz CT molecular complexity index is 983. The number of aliphatic carboxylic acids is 1. The number of aromatic amines is 1. The van der Waals surface area contributed by atoms with Crippen LogP contribution in [0.15, 0.2) is 41.3 Å². The molecule has 0 aliphatic carbocycles. The maximum atomic E-state index is 12.2. The highest BCUT2D eigenvalue weighted by molar-refractivity contribution is 9.10. The summed E-state index contributed by atoms with van der Waals surface area (Å²) in [6.45, 7) is 2.54. The Morgan fingerprint density at radius 2 is 1.96 bits per heavy atom. The molecule has 2 aromatic heterocycles. The number of carbonyl (C=O) groups is 1. The van der Waals surface area contributed by atoms with E-state index in [2.05, 4.69) is 35.8 Å². The molecule has 1 atom stereocenters. The fraction of sp³-hybridized carbons (Fsp3) is 0.316. The molecule has 0 amide bonds. The van der Waals surface area contributed by atoms with Crippen molar-refractivity contribution in [2.24, 2.45) is 0 Å². The van der Waals surface area contributed by atoms with Crippen LogP contribution in [0.1, 0.15) is 11.6 Å². The summed E-state index contributed by atoms with van der Waals surface area (Å²) < 4.78 is 6.13. The van der Waals surface area contributed by atoms with Crippen molar-refractivity contribution in [1.82, 2.24) is 19.9 Å². The van der Waals surface area contributed by atoms with Gasteiger partial charge >= 0.3 is 5.97 Å². The highest BCUT2D eigenvalue weighted by atomic mass is 79.9. The highest BCUT2D eigenvalue weighted by Crippen LogP contribution is 2.32. The number of benzene rings is 1. The van der Waals surface area contributed by atoms with Crippen LogP contribution in [0.25, 0.3) is 10.9 Å². The van der Waals surface area contributed by atoms with E-state index >= 15 is 0 Å². The topological polar surface area (TPSA) is 94.6 Å². The number of piperazine rings is 1. The van der Waals surface area contributed by atoms with E-state index in [0.29, 0.717) is 37.9 Å². The second-order valence-corrected chi connectivity index (χ2v) is 7.54. The van der Waals surface area contributed by atoms with E-state index in [4.69, 9.17) is 4.74 Å². The minimum Gasteiger partial charge on any atom is -0.497 e. The Hall–Kier alpha value is -2.65. The zero-order chi connectivity index (χ0) is 19.7. The fourth-order valence-corrected chi connectivity index (χ4v) is 3.81. The van der Waals surface area contributed by atoms with E-state index in [9.17, 15) is 9.90 Å². The number of halogens is 1. The number of hydrogen-bond donors (Lipinski definition) is 2. The molecular weight excluding hydrogens is 426 g/mol. The van der Waals surface area contributed by atoms with Crippen LogP contribution in [-0.2, 0) is 4.79 Å². The van der Waals surface area contributed by atoms with Crippen molar-refractivity contribution in [2.75, 3.05) is 38.2 Å². The van der Waals surface area contributed by atoms with Crippen LogP contribution < -0.4 is 9.64 Å². The fourth-order valence-electron chi connectivity index (χ4n) is 3.61. The van der Waals surface area contributed by atoms with Crippen LogP contribution >= 0.6 is 15.9 Å². The van der Waals surface area contributed by atoms with Gasteiger partial charge in [0.1, 0.15) is 11.8 Å². The maximum Gasteiger partial charge on any atom is 0.325 e. The Morgan fingerprint density at radius 3 is 2.61 bits per heavy atom. The first-order chi connectivity index (χ1) is 13.6. The molecule has 9 heteroatoms. The lowest BCUT2D eigenvalue weighted by Crippen LogP contribution is -2.49. The Balaban J connectivity index is 1.56.